The smallest absolute Gasteiger partial charge is 0.221 e. The van der Waals surface area contributed by atoms with Crippen molar-refractivity contribution in [2.45, 2.75) is 18.9 Å². The van der Waals surface area contributed by atoms with Gasteiger partial charge in [0.05, 0.1) is 10.7 Å². The molecule has 0 aliphatic carbocycles. The van der Waals surface area contributed by atoms with Crippen LogP contribution in [-0.4, -0.2) is 15.7 Å². The van der Waals surface area contributed by atoms with Crippen LogP contribution in [0.5, 0.6) is 0 Å². The Hall–Kier alpha value is -0.480. The highest BCUT2D eigenvalue weighted by atomic mass is 35.5. The van der Waals surface area contributed by atoms with E-state index in [9.17, 15) is 0 Å². The monoisotopic (exact) mass is 203 g/mol. The van der Waals surface area contributed by atoms with Crippen molar-refractivity contribution in [3.05, 3.63) is 10.7 Å². The Bertz CT molecular complexity index is 290. The van der Waals surface area contributed by atoms with Crippen molar-refractivity contribution in [1.82, 2.24) is 9.97 Å². The quantitative estimate of drug-likeness (QED) is 0.591. The van der Waals surface area contributed by atoms with Crippen LogP contribution < -0.4 is 5.73 Å². The first-order chi connectivity index (χ1) is 5.65. The molecule has 0 fully saturated rings. The second-order valence-corrected chi connectivity index (χ2v) is 3.85. The molecule has 12 heavy (non-hydrogen) atoms. The molecule has 0 bridgehead atoms. The molecule has 0 aliphatic heterocycles. The average Bonchev–Trinajstić information content (AvgIpc) is 2.00. The van der Waals surface area contributed by atoms with Gasteiger partial charge in [-0.15, -0.1) is 11.8 Å². The number of aryl methyl sites for hydroxylation is 1. The number of nitrogens with two attached hydrogens (primary N) is 1. The van der Waals surface area contributed by atoms with E-state index in [-0.39, 0.29) is 5.95 Å². The van der Waals surface area contributed by atoms with Gasteiger partial charge in [-0.2, -0.15) is 0 Å². The van der Waals surface area contributed by atoms with Crippen LogP contribution in [0.1, 0.15) is 12.6 Å². The third kappa shape index (κ3) is 2.01. The van der Waals surface area contributed by atoms with E-state index in [1.807, 2.05) is 13.8 Å². The molecule has 5 heteroatoms. The fourth-order valence-corrected chi connectivity index (χ4v) is 1.74. The second-order valence-electron chi connectivity index (χ2n) is 2.22. The van der Waals surface area contributed by atoms with Crippen LogP contribution in [0, 0.1) is 6.92 Å². The van der Waals surface area contributed by atoms with Crippen molar-refractivity contribution in [2.24, 2.45) is 0 Å². The number of hydrogen-bond acceptors (Lipinski definition) is 4. The lowest BCUT2D eigenvalue weighted by atomic mass is 10.4. The third-order valence-electron chi connectivity index (χ3n) is 1.28. The summed E-state index contributed by atoms with van der Waals surface area (Å²) in [6.07, 6.45) is 0. The Kier molecular flexibility index (Phi) is 3.17. The number of anilines is 1. The topological polar surface area (TPSA) is 51.8 Å². The zero-order chi connectivity index (χ0) is 9.14. The molecule has 0 atom stereocenters. The average molecular weight is 204 g/mol. The Labute approximate surface area is 80.7 Å². The van der Waals surface area contributed by atoms with Crippen LogP contribution in [-0.2, 0) is 0 Å². The maximum Gasteiger partial charge on any atom is 0.221 e. The predicted molar refractivity (Wildman–Crippen MR) is 52.6 cm³/mol. The summed E-state index contributed by atoms with van der Waals surface area (Å²) in [6, 6.07) is 0. The number of hydrogen-bond donors (Lipinski definition) is 1. The molecule has 1 aromatic heterocycles. The standard InChI is InChI=1S/C7H10ClN3S/c1-3-12-6-5(8)4(2)10-7(9)11-6/h3H2,1-2H3,(H2,9,10,11). The Balaban J connectivity index is 3.09. The van der Waals surface area contributed by atoms with E-state index in [2.05, 4.69) is 9.97 Å². The highest BCUT2D eigenvalue weighted by Crippen LogP contribution is 2.27. The predicted octanol–water partition coefficient (Wildman–Crippen LogP) is 2.13. The van der Waals surface area contributed by atoms with Crippen LogP contribution in [0.2, 0.25) is 5.02 Å². The van der Waals surface area contributed by atoms with Crippen LogP contribution in [0.3, 0.4) is 0 Å². The van der Waals surface area contributed by atoms with Gasteiger partial charge in [-0.3, -0.25) is 0 Å². The van der Waals surface area contributed by atoms with Gasteiger partial charge in [-0.25, -0.2) is 9.97 Å². The Morgan fingerprint density at radius 2 is 2.17 bits per heavy atom. The normalized spacial score (nSPS) is 10.2. The molecule has 3 nitrogen and oxygen atoms in total. The zero-order valence-electron chi connectivity index (χ0n) is 6.97. The van der Waals surface area contributed by atoms with E-state index in [1.165, 1.54) is 0 Å². The molecule has 1 aromatic rings. The lowest BCUT2D eigenvalue weighted by Gasteiger charge is -2.03. The van der Waals surface area contributed by atoms with Gasteiger partial charge in [0.15, 0.2) is 0 Å². The van der Waals surface area contributed by atoms with Crippen molar-refractivity contribution in [1.29, 1.82) is 0 Å². The van der Waals surface area contributed by atoms with Crippen molar-refractivity contribution in [3.8, 4) is 0 Å². The summed E-state index contributed by atoms with van der Waals surface area (Å²) in [6.45, 7) is 3.86. The van der Waals surface area contributed by atoms with E-state index >= 15 is 0 Å². The number of halogens is 1. The molecule has 0 saturated heterocycles. The molecule has 0 unspecified atom stereocenters. The van der Waals surface area contributed by atoms with Crippen molar-refractivity contribution < 1.29 is 0 Å². The van der Waals surface area contributed by atoms with E-state index in [4.69, 9.17) is 17.3 Å². The van der Waals surface area contributed by atoms with Gasteiger partial charge in [0, 0.05) is 0 Å². The van der Waals surface area contributed by atoms with Crippen LogP contribution in [0.4, 0.5) is 5.95 Å². The van der Waals surface area contributed by atoms with Gasteiger partial charge < -0.3 is 5.73 Å². The van der Waals surface area contributed by atoms with Gasteiger partial charge in [-0.1, -0.05) is 18.5 Å². The van der Waals surface area contributed by atoms with E-state index in [0.29, 0.717) is 5.02 Å². The summed E-state index contributed by atoms with van der Waals surface area (Å²) in [7, 11) is 0. The SMILES string of the molecule is CCSc1nc(N)nc(C)c1Cl. The molecule has 0 aromatic carbocycles. The number of aromatic nitrogens is 2. The molecular weight excluding hydrogens is 194 g/mol. The van der Waals surface area contributed by atoms with Crippen LogP contribution in [0.25, 0.3) is 0 Å². The first kappa shape index (κ1) is 9.61. The van der Waals surface area contributed by atoms with Crippen molar-refractivity contribution in [3.63, 3.8) is 0 Å². The lowest BCUT2D eigenvalue weighted by Crippen LogP contribution is -1.99. The number of thioether (sulfide) groups is 1. The van der Waals surface area contributed by atoms with Crippen molar-refractivity contribution >= 4 is 29.3 Å². The molecule has 0 radical (unpaired) electrons. The molecular formula is C7H10ClN3S. The Morgan fingerprint density at radius 3 is 2.75 bits per heavy atom. The van der Waals surface area contributed by atoms with E-state index in [1.54, 1.807) is 11.8 Å². The van der Waals surface area contributed by atoms with Crippen molar-refractivity contribution in [2.75, 3.05) is 11.5 Å². The molecule has 0 aliphatic rings. The fourth-order valence-electron chi connectivity index (χ4n) is 0.786. The molecule has 1 rings (SSSR count). The first-order valence-corrected chi connectivity index (χ1v) is 4.94. The zero-order valence-corrected chi connectivity index (χ0v) is 8.54. The lowest BCUT2D eigenvalue weighted by molar-refractivity contribution is 1.02. The highest BCUT2D eigenvalue weighted by molar-refractivity contribution is 7.99. The fraction of sp³-hybridized carbons (Fsp3) is 0.429. The maximum atomic E-state index is 5.94. The van der Waals surface area contributed by atoms with E-state index < -0.39 is 0 Å². The molecule has 0 saturated carbocycles. The highest BCUT2D eigenvalue weighted by Gasteiger charge is 2.07. The summed E-state index contributed by atoms with van der Waals surface area (Å²) < 4.78 is 0. The molecule has 2 N–H and O–H groups in total. The summed E-state index contributed by atoms with van der Waals surface area (Å²) >= 11 is 7.51. The van der Waals surface area contributed by atoms with Crippen LogP contribution in [0.15, 0.2) is 5.03 Å². The van der Waals surface area contributed by atoms with Gasteiger partial charge >= 0.3 is 0 Å². The largest absolute Gasteiger partial charge is 0.368 e. The number of nitrogen functional groups attached to an aromatic ring is 1. The third-order valence-corrected chi connectivity index (χ3v) is 2.71. The van der Waals surface area contributed by atoms with Gasteiger partial charge in [0.2, 0.25) is 5.95 Å². The van der Waals surface area contributed by atoms with Gasteiger partial charge in [0.25, 0.3) is 0 Å². The molecule has 0 spiro atoms. The van der Waals surface area contributed by atoms with E-state index in [0.717, 1.165) is 16.5 Å². The number of rotatable bonds is 2. The summed E-state index contributed by atoms with van der Waals surface area (Å²) in [4.78, 5) is 7.96. The van der Waals surface area contributed by atoms with Crippen LogP contribution >= 0.6 is 23.4 Å². The molecule has 1 heterocycles. The second kappa shape index (κ2) is 3.96. The molecule has 66 valence electrons. The molecule has 0 amide bonds. The minimum atomic E-state index is 0.285. The summed E-state index contributed by atoms with van der Waals surface area (Å²) in [5.41, 5.74) is 6.20. The minimum absolute atomic E-state index is 0.285. The number of nitrogens with zero attached hydrogens (tertiary/aromatic N) is 2. The minimum Gasteiger partial charge on any atom is -0.368 e. The summed E-state index contributed by atoms with van der Waals surface area (Å²) in [5.74, 6) is 1.21. The summed E-state index contributed by atoms with van der Waals surface area (Å²) in [5, 5.41) is 1.38. The van der Waals surface area contributed by atoms with Gasteiger partial charge in [-0.05, 0) is 12.7 Å². The van der Waals surface area contributed by atoms with Gasteiger partial charge in [0.1, 0.15) is 5.03 Å². The maximum absolute atomic E-state index is 5.94. The Morgan fingerprint density at radius 1 is 1.50 bits per heavy atom. The first-order valence-electron chi connectivity index (χ1n) is 3.57.